The van der Waals surface area contributed by atoms with Crippen molar-refractivity contribution >= 4 is 17.2 Å². The molecule has 1 amide bonds. The SMILES string of the molecule is Cc1ccc(OCc2nc(C)c(C(=O)NC(C)(C)C)s2)cc1. The van der Waals surface area contributed by atoms with Crippen molar-refractivity contribution in [1.29, 1.82) is 0 Å². The van der Waals surface area contributed by atoms with Crippen molar-refractivity contribution in [3.8, 4) is 5.75 Å². The van der Waals surface area contributed by atoms with Gasteiger partial charge in [0.05, 0.1) is 5.69 Å². The van der Waals surface area contributed by atoms with E-state index >= 15 is 0 Å². The Morgan fingerprint density at radius 2 is 1.86 bits per heavy atom. The molecule has 1 N–H and O–H groups in total. The van der Waals surface area contributed by atoms with Gasteiger partial charge in [0.1, 0.15) is 22.2 Å². The summed E-state index contributed by atoms with van der Waals surface area (Å²) in [6, 6.07) is 7.88. The summed E-state index contributed by atoms with van der Waals surface area (Å²) in [6.45, 7) is 10.1. The van der Waals surface area contributed by atoms with E-state index in [1.807, 2.05) is 58.9 Å². The number of aryl methyl sites for hydroxylation is 2. The zero-order chi connectivity index (χ0) is 16.3. The molecule has 1 aromatic carbocycles. The lowest BCUT2D eigenvalue weighted by atomic mass is 10.1. The maximum absolute atomic E-state index is 12.2. The molecule has 0 aliphatic heterocycles. The lowest BCUT2D eigenvalue weighted by Gasteiger charge is -2.19. The van der Waals surface area contributed by atoms with Crippen LogP contribution >= 0.6 is 11.3 Å². The number of benzene rings is 1. The topological polar surface area (TPSA) is 51.2 Å². The first-order valence-corrected chi connectivity index (χ1v) is 8.04. The van der Waals surface area contributed by atoms with Crippen LogP contribution in [0.15, 0.2) is 24.3 Å². The second-order valence-electron chi connectivity index (χ2n) is 6.33. The van der Waals surface area contributed by atoms with Crippen molar-refractivity contribution in [2.45, 2.75) is 46.8 Å². The number of nitrogens with zero attached hydrogens (tertiary/aromatic N) is 1. The number of carbonyl (C=O) groups is 1. The Bertz CT molecular complexity index is 654. The number of thiazole rings is 1. The number of rotatable bonds is 4. The van der Waals surface area contributed by atoms with Crippen LogP contribution in [0.1, 0.15) is 46.7 Å². The highest BCUT2D eigenvalue weighted by molar-refractivity contribution is 7.13. The molecule has 0 aliphatic rings. The summed E-state index contributed by atoms with van der Waals surface area (Å²) in [6.07, 6.45) is 0. The number of aromatic nitrogens is 1. The van der Waals surface area contributed by atoms with Gasteiger partial charge in [-0.3, -0.25) is 4.79 Å². The van der Waals surface area contributed by atoms with E-state index in [0.29, 0.717) is 11.5 Å². The van der Waals surface area contributed by atoms with Crippen LogP contribution in [-0.2, 0) is 6.61 Å². The summed E-state index contributed by atoms with van der Waals surface area (Å²) in [4.78, 5) is 17.3. The molecule has 0 fully saturated rings. The molecule has 2 rings (SSSR count). The Morgan fingerprint density at radius 1 is 1.23 bits per heavy atom. The van der Waals surface area contributed by atoms with Gasteiger partial charge in [0.15, 0.2) is 0 Å². The van der Waals surface area contributed by atoms with Gasteiger partial charge in [0, 0.05) is 5.54 Å². The lowest BCUT2D eigenvalue weighted by molar-refractivity contribution is 0.0923. The van der Waals surface area contributed by atoms with E-state index in [1.54, 1.807) is 0 Å². The molecule has 5 heteroatoms. The molecule has 0 unspecified atom stereocenters. The first kappa shape index (κ1) is 16.5. The summed E-state index contributed by atoms with van der Waals surface area (Å²) in [5, 5.41) is 3.76. The van der Waals surface area contributed by atoms with E-state index in [1.165, 1.54) is 16.9 Å². The van der Waals surface area contributed by atoms with Crippen molar-refractivity contribution in [3.63, 3.8) is 0 Å². The van der Waals surface area contributed by atoms with Crippen LogP contribution in [0.3, 0.4) is 0 Å². The van der Waals surface area contributed by atoms with Crippen molar-refractivity contribution in [1.82, 2.24) is 10.3 Å². The summed E-state index contributed by atoms with van der Waals surface area (Å²) in [5.41, 5.74) is 1.68. The molecular weight excluding hydrogens is 296 g/mol. The molecular formula is C17H22N2O2S. The first-order chi connectivity index (χ1) is 10.2. The largest absolute Gasteiger partial charge is 0.486 e. The van der Waals surface area contributed by atoms with Crippen LogP contribution in [0.2, 0.25) is 0 Å². The number of hydrogen-bond acceptors (Lipinski definition) is 4. The smallest absolute Gasteiger partial charge is 0.263 e. The van der Waals surface area contributed by atoms with Gasteiger partial charge in [-0.1, -0.05) is 17.7 Å². The molecule has 118 valence electrons. The minimum Gasteiger partial charge on any atom is -0.486 e. The van der Waals surface area contributed by atoms with Gasteiger partial charge in [-0.05, 0) is 46.8 Å². The van der Waals surface area contributed by atoms with Gasteiger partial charge in [0.2, 0.25) is 0 Å². The molecule has 2 aromatic rings. The highest BCUT2D eigenvalue weighted by atomic mass is 32.1. The predicted molar refractivity (Wildman–Crippen MR) is 89.6 cm³/mol. The van der Waals surface area contributed by atoms with Gasteiger partial charge in [0.25, 0.3) is 5.91 Å². The third-order valence-corrected chi connectivity index (χ3v) is 4.05. The minimum absolute atomic E-state index is 0.0796. The molecule has 1 heterocycles. The summed E-state index contributed by atoms with van der Waals surface area (Å²) in [5.74, 6) is 0.725. The highest BCUT2D eigenvalue weighted by Gasteiger charge is 2.20. The summed E-state index contributed by atoms with van der Waals surface area (Å²) < 4.78 is 5.71. The standard InChI is InChI=1S/C17H22N2O2S/c1-11-6-8-13(9-7-11)21-10-14-18-12(2)15(22-14)16(20)19-17(3,4)5/h6-9H,10H2,1-5H3,(H,19,20). The molecule has 0 radical (unpaired) electrons. The van der Waals surface area contributed by atoms with Crippen molar-refractivity contribution < 1.29 is 9.53 Å². The van der Waals surface area contributed by atoms with E-state index < -0.39 is 0 Å². The third kappa shape index (κ3) is 4.56. The number of hydrogen-bond donors (Lipinski definition) is 1. The molecule has 0 aliphatic carbocycles. The van der Waals surface area contributed by atoms with Crippen LogP contribution < -0.4 is 10.1 Å². The Morgan fingerprint density at radius 3 is 2.45 bits per heavy atom. The fourth-order valence-electron chi connectivity index (χ4n) is 1.90. The third-order valence-electron chi connectivity index (χ3n) is 2.92. The van der Waals surface area contributed by atoms with Gasteiger partial charge in [-0.25, -0.2) is 4.98 Å². The van der Waals surface area contributed by atoms with Crippen LogP contribution in [0.5, 0.6) is 5.75 Å². The fraction of sp³-hybridized carbons (Fsp3) is 0.412. The Hall–Kier alpha value is -1.88. The second kappa shape index (κ2) is 6.48. The summed E-state index contributed by atoms with van der Waals surface area (Å²) >= 11 is 1.38. The van der Waals surface area contributed by atoms with Gasteiger partial charge >= 0.3 is 0 Å². The number of carbonyl (C=O) groups excluding carboxylic acids is 1. The monoisotopic (exact) mass is 318 g/mol. The molecule has 0 atom stereocenters. The predicted octanol–water partition coefficient (Wildman–Crippen LogP) is 3.87. The van der Waals surface area contributed by atoms with Crippen molar-refractivity contribution in [2.24, 2.45) is 0 Å². The number of nitrogens with one attached hydrogen (secondary N) is 1. The van der Waals surface area contributed by atoms with E-state index in [4.69, 9.17) is 4.74 Å². The Labute approximate surface area is 135 Å². The molecule has 0 saturated carbocycles. The first-order valence-electron chi connectivity index (χ1n) is 7.23. The quantitative estimate of drug-likeness (QED) is 0.931. The highest BCUT2D eigenvalue weighted by Crippen LogP contribution is 2.21. The minimum atomic E-state index is -0.258. The van der Waals surface area contributed by atoms with Crippen LogP contribution in [0.4, 0.5) is 0 Å². The van der Waals surface area contributed by atoms with Gasteiger partial charge in [-0.15, -0.1) is 11.3 Å². The molecule has 0 spiro atoms. The van der Waals surface area contributed by atoms with Crippen LogP contribution in [0, 0.1) is 13.8 Å². The lowest BCUT2D eigenvalue weighted by Crippen LogP contribution is -2.40. The summed E-state index contributed by atoms with van der Waals surface area (Å²) in [7, 11) is 0. The normalized spacial score (nSPS) is 11.3. The van der Waals surface area contributed by atoms with Gasteiger partial charge < -0.3 is 10.1 Å². The maximum Gasteiger partial charge on any atom is 0.263 e. The van der Waals surface area contributed by atoms with E-state index in [9.17, 15) is 4.79 Å². The van der Waals surface area contributed by atoms with E-state index in [-0.39, 0.29) is 11.4 Å². The van der Waals surface area contributed by atoms with Crippen molar-refractivity contribution in [3.05, 3.63) is 45.4 Å². The van der Waals surface area contributed by atoms with Gasteiger partial charge in [-0.2, -0.15) is 0 Å². The number of amides is 1. The zero-order valence-electron chi connectivity index (χ0n) is 13.7. The molecule has 1 aromatic heterocycles. The molecule has 0 bridgehead atoms. The molecule has 22 heavy (non-hydrogen) atoms. The Kier molecular flexibility index (Phi) is 4.86. The van der Waals surface area contributed by atoms with Crippen molar-refractivity contribution in [2.75, 3.05) is 0 Å². The second-order valence-corrected chi connectivity index (χ2v) is 7.41. The average Bonchev–Trinajstić information content (AvgIpc) is 2.77. The number of ether oxygens (including phenoxy) is 1. The van der Waals surface area contributed by atoms with Crippen LogP contribution in [-0.4, -0.2) is 16.4 Å². The molecule has 4 nitrogen and oxygen atoms in total. The average molecular weight is 318 g/mol. The van der Waals surface area contributed by atoms with E-state index in [0.717, 1.165) is 16.5 Å². The Balaban J connectivity index is 2.03. The van der Waals surface area contributed by atoms with Crippen LogP contribution in [0.25, 0.3) is 0 Å². The fourth-order valence-corrected chi connectivity index (χ4v) is 2.77. The van der Waals surface area contributed by atoms with E-state index in [2.05, 4.69) is 10.3 Å². The zero-order valence-corrected chi connectivity index (χ0v) is 14.5. The molecule has 0 saturated heterocycles. The maximum atomic E-state index is 12.2.